The molecule has 0 spiro atoms. The second-order valence-corrected chi connectivity index (χ2v) is 29.1. The average Bonchev–Trinajstić information content (AvgIpc) is 0.765. The minimum absolute atomic E-state index is 0.0202. The van der Waals surface area contributed by atoms with Crippen molar-refractivity contribution in [2.24, 2.45) is 0 Å². The highest BCUT2D eigenvalue weighted by molar-refractivity contribution is 6.13. The second kappa shape index (κ2) is 33.2. The first-order valence-electron chi connectivity index (χ1n) is 37.0. The Bertz CT molecular complexity index is 6930. The maximum atomic E-state index is 16.3. The zero-order chi connectivity index (χ0) is 99.1. The lowest BCUT2D eigenvalue weighted by Crippen LogP contribution is -2.56. The molecule has 2 bridgehead atoms. The Labute approximate surface area is 739 Å². The van der Waals surface area contributed by atoms with Crippen LogP contribution in [-0.2, 0) is 47.4 Å². The molecule has 135 heavy (non-hydrogen) atoms. The summed E-state index contributed by atoms with van der Waals surface area (Å²) in [5.41, 5.74) is -28.1. The van der Waals surface area contributed by atoms with Crippen molar-refractivity contribution in [2.75, 3.05) is 13.2 Å². The number of cyclic esters (lactones) is 5. The molecule has 0 radical (unpaired) electrons. The van der Waals surface area contributed by atoms with E-state index in [0.717, 1.165) is 0 Å². The number of ether oxygens (including phenoxy) is 10. The number of aromatic hydroxyl groups is 29. The van der Waals surface area contributed by atoms with Gasteiger partial charge in [-0.15, -0.1) is 0 Å². The summed E-state index contributed by atoms with van der Waals surface area (Å²) in [4.78, 5) is 164. The van der Waals surface area contributed by atoms with E-state index in [4.69, 9.17) is 47.4 Å². The van der Waals surface area contributed by atoms with Crippen LogP contribution in [0, 0.1) is 0 Å². The van der Waals surface area contributed by atoms with Crippen molar-refractivity contribution in [3.05, 3.63) is 133 Å². The number of benzene rings is 10. The number of carbonyl (C=O) groups excluding carboxylic acids is 9. The summed E-state index contributed by atoms with van der Waals surface area (Å²) >= 11 is 0. The molecule has 10 aromatic rings. The third-order valence-electron chi connectivity index (χ3n) is 21.2. The maximum Gasteiger partial charge on any atom is 0.347 e. The number of hydrogen-bond acceptors (Lipinski definition) is 51. The van der Waals surface area contributed by atoms with E-state index in [1.54, 1.807) is 0 Å². The van der Waals surface area contributed by atoms with Crippen LogP contribution in [0.1, 0.15) is 121 Å². The van der Waals surface area contributed by atoms with Crippen LogP contribution in [0.5, 0.6) is 178 Å². The molecule has 9 atom stereocenters. The van der Waals surface area contributed by atoms with Gasteiger partial charge in [0, 0.05) is 56.6 Å². The summed E-state index contributed by atoms with van der Waals surface area (Å²) < 4.78 is 56.3. The van der Waals surface area contributed by atoms with Crippen molar-refractivity contribution in [3.63, 3.8) is 0 Å². The highest BCUT2D eigenvalue weighted by Crippen LogP contribution is 2.63. The van der Waals surface area contributed by atoms with Gasteiger partial charge in [0.2, 0.25) is 57.8 Å². The van der Waals surface area contributed by atoms with Gasteiger partial charge in [-0.05, 0) is 54.6 Å². The lowest BCUT2D eigenvalue weighted by molar-refractivity contribution is -0.166. The van der Waals surface area contributed by atoms with E-state index in [1.165, 1.54) is 0 Å². The van der Waals surface area contributed by atoms with Crippen LogP contribution < -0.4 is 4.74 Å². The van der Waals surface area contributed by atoms with Crippen molar-refractivity contribution < 1.29 is 264 Å². The molecular weight excluding hydrogens is 1830 g/mol. The van der Waals surface area contributed by atoms with Gasteiger partial charge in [0.15, 0.2) is 163 Å². The van der Waals surface area contributed by atoms with Crippen LogP contribution in [0.2, 0.25) is 0 Å². The van der Waals surface area contributed by atoms with Crippen LogP contribution in [0.3, 0.4) is 0 Å². The summed E-state index contributed by atoms with van der Waals surface area (Å²) in [6.07, 6.45) is -27.9. The Balaban J connectivity index is 1.03. The number of rotatable bonds is 14. The predicted octanol–water partition coefficient (Wildman–Crippen LogP) is 3.06. The maximum absolute atomic E-state index is 16.3. The average molecular weight is 1890 g/mol. The van der Waals surface area contributed by atoms with E-state index in [2.05, 4.69) is 0 Å². The first kappa shape index (κ1) is 91.5. The molecule has 0 fully saturated rings. The lowest BCUT2D eigenvalue weighted by Gasteiger charge is -2.43. The van der Waals surface area contributed by atoms with Gasteiger partial charge in [0.1, 0.15) is 24.9 Å². The van der Waals surface area contributed by atoms with E-state index in [9.17, 15) is 183 Å². The van der Waals surface area contributed by atoms with Gasteiger partial charge in [-0.25, -0.2) is 52.7 Å². The van der Waals surface area contributed by atoms with Crippen molar-refractivity contribution in [2.45, 2.75) is 54.7 Å². The van der Waals surface area contributed by atoms with Gasteiger partial charge in [-0.3, -0.25) is 0 Å². The molecule has 0 unspecified atom stereocenters. The lowest BCUT2D eigenvalue weighted by atomic mass is 9.73. The van der Waals surface area contributed by atoms with Gasteiger partial charge in [-0.1, -0.05) is 0 Å². The quantitative estimate of drug-likeness (QED) is 0.0422. The molecule has 32 N–H and O–H groups in total. The van der Waals surface area contributed by atoms with Crippen molar-refractivity contribution in [1.29, 1.82) is 0 Å². The molecule has 53 heteroatoms. The summed E-state index contributed by atoms with van der Waals surface area (Å²) in [5.74, 6) is -81.6. The number of phenols is 29. The number of carboxylic acid groups (broad SMARTS) is 2. The number of carboxylic acids is 2. The van der Waals surface area contributed by atoms with Crippen LogP contribution in [0.4, 0.5) is 0 Å². The van der Waals surface area contributed by atoms with Gasteiger partial charge in [0.25, 0.3) is 0 Å². The summed E-state index contributed by atoms with van der Waals surface area (Å²) in [6, 6.07) is 1.72. The van der Waals surface area contributed by atoms with E-state index in [-0.39, 0.29) is 66.7 Å². The Morgan fingerprint density at radius 2 is 0.652 bits per heavy atom. The number of aliphatic hydroxyl groups is 1. The van der Waals surface area contributed by atoms with Crippen LogP contribution >= 0.6 is 0 Å². The molecule has 0 amide bonds. The van der Waals surface area contributed by atoms with Crippen molar-refractivity contribution in [3.8, 4) is 212 Å². The molecule has 0 saturated carbocycles. The Morgan fingerprint density at radius 1 is 0.304 bits per heavy atom. The third kappa shape index (κ3) is 15.0. The smallest absolute Gasteiger partial charge is 0.347 e. The topological polar surface area (TPSA) is 927 Å². The Hall–Kier alpha value is -19.7. The molecule has 14 rings (SSSR count). The number of aromatic carboxylic acids is 1. The second-order valence-electron chi connectivity index (χ2n) is 29.1. The first-order valence-corrected chi connectivity index (χ1v) is 37.0. The van der Waals surface area contributed by atoms with E-state index < -0.39 is 412 Å². The van der Waals surface area contributed by atoms with Crippen molar-refractivity contribution >= 4 is 65.7 Å². The fraction of sp³-hybridized carbons (Fsp3) is 0.134. The molecule has 0 aromatic heterocycles. The molecule has 10 aromatic carbocycles. The zero-order valence-corrected chi connectivity index (χ0v) is 65.8. The monoisotopic (exact) mass is 1890 g/mol. The highest BCUT2D eigenvalue weighted by Gasteiger charge is 2.58. The first-order chi connectivity index (χ1) is 63.3. The standard InChI is InChI=1S/C82H56O53/c83-23-1-14(2-24(84)46(23)93)74(117)129-35-13-127-77(120)21-11-33(128-66-22(72(113)114)10-32(92)53(100)64(66)111)54(101)60(107)39(21)38-18(7-29(89)50(97)57(38)104)80(123)132-68(35)71-69-44(43-45(82(125)133-69)42(61(108)63(110)62(43)109)40-19(81(124)135-71)8-30(90)51(98)58(40)105)41-20(9-31(91)52(99)59(41)106)78(121)130-34-12-126-76(119)16-5-27(87)48(95)55(102)36(16)37-17(6-28(88)49(96)56(37)103)79(122)131-67(34)65(112)70(73(115)116)134-75(118)15-3-25(85)47(94)26(86)4-15/h1-11,34-35,44,65,67-71,83-112H,12-13H2,(H,113,114)(H,115,116)/t34-,35-,44-,65-,67+,68+,69-,70+,71-/m0/s1. The van der Waals surface area contributed by atoms with Crippen LogP contribution in [0.25, 0.3) is 33.4 Å². The van der Waals surface area contributed by atoms with E-state index in [1.807, 2.05) is 0 Å². The highest BCUT2D eigenvalue weighted by atomic mass is 16.7. The summed E-state index contributed by atoms with van der Waals surface area (Å²) in [7, 11) is 0. The minimum atomic E-state index is -3.64. The fourth-order valence-corrected chi connectivity index (χ4v) is 14.9. The summed E-state index contributed by atoms with van der Waals surface area (Å²) in [5, 5.41) is 361. The SMILES string of the molecule is O=C(O[C@H]1COC(=O)c2cc(Oc3c(C(=O)O)cc(O)c(O)c3O)c(O)c(O)c2-c2c(cc(O)c(O)c2O)C(=O)O[C@H]1[C@@H]1OC(=O)c2cc(O)c(O)c(O)c2-c2c(O)c(O)c(O)c3c2C(=O)O[C@H]1[C@H]3c1c(C(=O)O[C@H]2COC(=O)c3cc(O)c(O)c(O)c3-c3c(cc(O)c(O)c3O)C(=O)O[C@H]2[C@H](O)[C@@H](OC(=O)c2cc(O)c(O)c(O)c2)C(=O)O)cc(O)c(O)c1O)c1cc(O)c(O)c(O)c1. The van der Waals surface area contributed by atoms with Crippen molar-refractivity contribution in [1.82, 2.24) is 0 Å². The van der Waals surface area contributed by atoms with E-state index >= 15 is 33.6 Å². The molecule has 4 heterocycles. The number of phenolic OH excluding ortho intramolecular Hbond substituents is 29. The van der Waals surface area contributed by atoms with Gasteiger partial charge in [-0.2, -0.15) is 0 Å². The van der Waals surface area contributed by atoms with E-state index in [0.29, 0.717) is 0 Å². The zero-order valence-electron chi connectivity index (χ0n) is 65.8. The largest absolute Gasteiger partial charge is 0.504 e. The molecule has 4 aliphatic rings. The van der Waals surface area contributed by atoms with Gasteiger partial charge in [0.05, 0.1) is 56.0 Å². The van der Waals surface area contributed by atoms with Crippen LogP contribution in [0.15, 0.2) is 66.7 Å². The number of fused-ring (bicyclic) bond motifs is 10. The number of esters is 9. The molecule has 4 aliphatic heterocycles. The fourth-order valence-electron chi connectivity index (χ4n) is 14.9. The number of aliphatic hydroxyl groups excluding tert-OH is 1. The summed E-state index contributed by atoms with van der Waals surface area (Å²) in [6.45, 7) is -4.18. The molecular formula is C82H56O53. The number of aliphatic carboxylic acids is 1. The third-order valence-corrected chi connectivity index (χ3v) is 21.2. The molecule has 53 nitrogen and oxygen atoms in total. The number of hydrogen-bond donors (Lipinski definition) is 32. The molecule has 702 valence electrons. The van der Waals surface area contributed by atoms with Crippen LogP contribution in [-0.4, -0.2) is 291 Å². The normalized spacial score (nSPS) is 17.8. The molecule has 0 aliphatic carbocycles. The minimum Gasteiger partial charge on any atom is -0.504 e. The number of carbonyl (C=O) groups is 11. The Morgan fingerprint density at radius 3 is 1.11 bits per heavy atom. The molecule has 0 saturated heterocycles. The van der Waals surface area contributed by atoms with Gasteiger partial charge >= 0.3 is 65.7 Å². The van der Waals surface area contributed by atoms with Gasteiger partial charge < -0.3 is 211 Å². The predicted molar refractivity (Wildman–Crippen MR) is 417 cm³/mol. The Kier molecular flexibility index (Phi) is 22.5.